The maximum absolute atomic E-state index is 13.5. The number of rotatable bonds is 59. The summed E-state index contributed by atoms with van der Waals surface area (Å²) in [5.41, 5.74) is 0. The van der Waals surface area contributed by atoms with Gasteiger partial charge in [-0.25, -0.2) is 0 Å². The zero-order valence-electron chi connectivity index (χ0n) is 51.0. The third-order valence-electron chi connectivity index (χ3n) is 14.5. The molecule has 0 aliphatic heterocycles. The number of ether oxygens (including phenoxy) is 1. The number of nitrogens with zero attached hydrogens (tertiary/aromatic N) is 1. The maximum Gasteiger partial charge on any atom is 0.306 e. The van der Waals surface area contributed by atoms with Gasteiger partial charge in [0.25, 0.3) is 7.82 Å². The van der Waals surface area contributed by atoms with E-state index in [1.54, 1.807) is 0 Å². The van der Waals surface area contributed by atoms with Gasteiger partial charge in [0.2, 0.25) is 5.91 Å². The van der Waals surface area contributed by atoms with E-state index >= 15 is 0 Å². The molecule has 0 saturated carbocycles. The molecule has 0 aliphatic carbocycles. The van der Waals surface area contributed by atoms with Gasteiger partial charge in [-0.15, -0.1) is 0 Å². The quantitative estimate of drug-likeness (QED) is 0.0212. The van der Waals surface area contributed by atoms with E-state index in [4.69, 9.17) is 13.8 Å². The average Bonchev–Trinajstić information content (AvgIpc) is 3.38. The van der Waals surface area contributed by atoms with Crippen molar-refractivity contribution < 1.29 is 37.3 Å². The fraction of sp³-hybridized carbons (Fsp3) is 0.848. The lowest BCUT2D eigenvalue weighted by atomic mass is 10.0. The molecule has 0 radical (unpaired) electrons. The standard InChI is InChI=1S/C66H125N2O7P/c1-7-10-13-16-19-22-25-28-29-30-31-32-33-34-35-36-37-38-39-41-44-47-50-53-56-59-66(70)75-64(57-54-51-48-45-42-27-24-21-18-15-12-9-3)63(62-74-76(71,72)73-61-60-68(4,5)6)67-65(69)58-55-52-49-46-43-40-26-23-20-17-14-11-8-2/h19,22,28-29,31-32,54,57,63-64H,7-18,20-21,23-27,30,33-53,55-56,58-62H2,1-6H3,(H-,67,69,71,72)/b22-19-,29-28-,32-31-,57-54-. The fourth-order valence-corrected chi connectivity index (χ4v) is 10.2. The van der Waals surface area contributed by atoms with Crippen LogP contribution in [-0.2, 0) is 27.9 Å². The molecular formula is C66H125N2O7P. The molecule has 0 saturated heterocycles. The van der Waals surface area contributed by atoms with Crippen LogP contribution in [0.15, 0.2) is 48.6 Å². The number of phosphoric ester groups is 1. The van der Waals surface area contributed by atoms with Crippen LogP contribution in [0.25, 0.3) is 0 Å². The summed E-state index contributed by atoms with van der Waals surface area (Å²) in [4.78, 5) is 40.0. The third kappa shape index (κ3) is 56.7. The van der Waals surface area contributed by atoms with Crippen LogP contribution in [0.3, 0.4) is 0 Å². The Labute approximate surface area is 471 Å². The van der Waals surface area contributed by atoms with Crippen molar-refractivity contribution >= 4 is 19.7 Å². The average molecular weight is 1090 g/mol. The number of phosphoric acid groups is 1. The highest BCUT2D eigenvalue weighted by atomic mass is 31.2. The van der Waals surface area contributed by atoms with Crippen LogP contribution in [0.2, 0.25) is 0 Å². The molecule has 446 valence electrons. The van der Waals surface area contributed by atoms with Crippen molar-refractivity contribution in [3.63, 3.8) is 0 Å². The molecule has 0 heterocycles. The van der Waals surface area contributed by atoms with E-state index in [2.05, 4.69) is 62.5 Å². The van der Waals surface area contributed by atoms with Crippen molar-refractivity contribution in [2.75, 3.05) is 40.9 Å². The first-order valence-electron chi connectivity index (χ1n) is 32.4. The van der Waals surface area contributed by atoms with E-state index in [-0.39, 0.29) is 31.5 Å². The summed E-state index contributed by atoms with van der Waals surface area (Å²) in [5, 5.41) is 3.03. The largest absolute Gasteiger partial charge is 0.756 e. The zero-order chi connectivity index (χ0) is 55.7. The van der Waals surface area contributed by atoms with Crippen molar-refractivity contribution in [1.29, 1.82) is 0 Å². The molecule has 76 heavy (non-hydrogen) atoms. The molecule has 0 bridgehead atoms. The lowest BCUT2D eigenvalue weighted by Crippen LogP contribution is -2.47. The van der Waals surface area contributed by atoms with Crippen LogP contribution in [0, 0.1) is 0 Å². The van der Waals surface area contributed by atoms with Gasteiger partial charge in [0.05, 0.1) is 33.8 Å². The van der Waals surface area contributed by atoms with Gasteiger partial charge in [-0.1, -0.05) is 275 Å². The second kappa shape index (κ2) is 56.3. The molecule has 1 amide bonds. The van der Waals surface area contributed by atoms with E-state index in [0.717, 1.165) is 70.6 Å². The van der Waals surface area contributed by atoms with E-state index in [1.165, 1.54) is 205 Å². The van der Waals surface area contributed by atoms with Crippen LogP contribution in [0.1, 0.15) is 310 Å². The van der Waals surface area contributed by atoms with Gasteiger partial charge in [0.15, 0.2) is 0 Å². The normalized spacial score (nSPS) is 13.9. The molecule has 0 rings (SSSR count). The number of hydrogen-bond donors (Lipinski definition) is 1. The summed E-state index contributed by atoms with van der Waals surface area (Å²) in [6, 6.07) is -0.885. The Bertz CT molecular complexity index is 1440. The van der Waals surface area contributed by atoms with Crippen molar-refractivity contribution in [1.82, 2.24) is 5.32 Å². The molecular weight excluding hydrogens is 964 g/mol. The predicted octanol–water partition coefficient (Wildman–Crippen LogP) is 19.4. The Kier molecular flexibility index (Phi) is 54.7. The molecule has 0 aliphatic rings. The second-order valence-electron chi connectivity index (χ2n) is 23.3. The molecule has 3 unspecified atom stereocenters. The summed E-state index contributed by atoms with van der Waals surface area (Å²) in [6.07, 6.45) is 69.3. The summed E-state index contributed by atoms with van der Waals surface area (Å²) in [7, 11) is 1.19. The Morgan fingerprint density at radius 3 is 1.22 bits per heavy atom. The van der Waals surface area contributed by atoms with Crippen LogP contribution in [0.5, 0.6) is 0 Å². The van der Waals surface area contributed by atoms with Crippen LogP contribution in [-0.4, -0.2) is 69.4 Å². The minimum absolute atomic E-state index is 0.0208. The maximum atomic E-state index is 13.5. The monoisotopic (exact) mass is 1090 g/mol. The van der Waals surface area contributed by atoms with Crippen LogP contribution in [0.4, 0.5) is 0 Å². The zero-order valence-corrected chi connectivity index (χ0v) is 51.9. The van der Waals surface area contributed by atoms with Gasteiger partial charge >= 0.3 is 5.97 Å². The van der Waals surface area contributed by atoms with Crippen molar-refractivity contribution in [3.05, 3.63) is 48.6 Å². The minimum Gasteiger partial charge on any atom is -0.756 e. The van der Waals surface area contributed by atoms with Gasteiger partial charge in [-0.05, 0) is 70.3 Å². The molecule has 1 N–H and O–H groups in total. The Hall–Kier alpha value is -2.03. The third-order valence-corrected chi connectivity index (χ3v) is 15.5. The Morgan fingerprint density at radius 1 is 0.461 bits per heavy atom. The highest BCUT2D eigenvalue weighted by Gasteiger charge is 2.27. The molecule has 0 spiro atoms. The topological polar surface area (TPSA) is 114 Å². The van der Waals surface area contributed by atoms with Crippen molar-refractivity contribution in [2.24, 2.45) is 0 Å². The Balaban J connectivity index is 5.08. The van der Waals surface area contributed by atoms with Crippen molar-refractivity contribution in [3.8, 4) is 0 Å². The van der Waals surface area contributed by atoms with E-state index in [0.29, 0.717) is 17.4 Å². The van der Waals surface area contributed by atoms with Crippen molar-refractivity contribution in [2.45, 2.75) is 322 Å². The lowest BCUT2D eigenvalue weighted by molar-refractivity contribution is -0.870. The van der Waals surface area contributed by atoms with Gasteiger partial charge in [0, 0.05) is 12.8 Å². The van der Waals surface area contributed by atoms with Crippen LogP contribution < -0.4 is 10.2 Å². The summed E-state index contributed by atoms with van der Waals surface area (Å²) >= 11 is 0. The Morgan fingerprint density at radius 2 is 0.803 bits per heavy atom. The number of likely N-dealkylation sites (N-methyl/N-ethyl adjacent to an activating group) is 1. The number of carbonyl (C=O) groups is 2. The molecule has 0 aromatic carbocycles. The number of esters is 1. The number of unbranched alkanes of at least 4 members (excludes halogenated alkanes) is 37. The minimum atomic E-state index is -4.69. The first-order valence-corrected chi connectivity index (χ1v) is 33.9. The van der Waals surface area contributed by atoms with Gasteiger partial charge in [-0.3, -0.25) is 14.2 Å². The van der Waals surface area contributed by atoms with E-state index < -0.39 is 20.0 Å². The SMILES string of the molecule is CCCCC/C=C\C/C=C\C/C=C\CCCCCCCCCCCCCCC(=O)OC(/C=C\CCCCCCCCCCCC)C(COP(=O)([O-])OCC[N+](C)(C)C)NC(=O)CCCCCCCCCCCCCCC. The summed E-state index contributed by atoms with van der Waals surface area (Å²) < 4.78 is 30.3. The van der Waals surface area contributed by atoms with Gasteiger partial charge in [0.1, 0.15) is 19.3 Å². The molecule has 0 fully saturated rings. The van der Waals surface area contributed by atoms with Crippen LogP contribution >= 0.6 is 7.82 Å². The molecule has 0 aromatic rings. The number of carbonyl (C=O) groups excluding carboxylic acids is 2. The van der Waals surface area contributed by atoms with Gasteiger partial charge < -0.3 is 28.5 Å². The predicted molar refractivity (Wildman–Crippen MR) is 326 cm³/mol. The molecule has 10 heteroatoms. The number of nitrogens with one attached hydrogen (secondary N) is 1. The summed E-state index contributed by atoms with van der Waals surface area (Å²) in [6.45, 7) is 6.84. The smallest absolute Gasteiger partial charge is 0.306 e. The lowest BCUT2D eigenvalue weighted by Gasteiger charge is -2.30. The van der Waals surface area contributed by atoms with E-state index in [9.17, 15) is 19.0 Å². The molecule has 9 nitrogen and oxygen atoms in total. The second-order valence-corrected chi connectivity index (χ2v) is 24.7. The molecule has 0 aromatic heterocycles. The molecule has 3 atom stereocenters. The van der Waals surface area contributed by atoms with Gasteiger partial charge in [-0.2, -0.15) is 0 Å². The highest BCUT2D eigenvalue weighted by Crippen LogP contribution is 2.38. The number of hydrogen-bond acceptors (Lipinski definition) is 7. The van der Waals surface area contributed by atoms with E-state index in [1.807, 2.05) is 33.3 Å². The number of quaternary nitrogens is 1. The fourth-order valence-electron chi connectivity index (χ4n) is 9.47. The highest BCUT2D eigenvalue weighted by molar-refractivity contribution is 7.45. The first kappa shape index (κ1) is 74.0. The number of amides is 1. The number of allylic oxidation sites excluding steroid dienone is 7. The first-order chi connectivity index (χ1) is 36.9. The summed E-state index contributed by atoms with van der Waals surface area (Å²) in [5.74, 6) is -0.531.